The Bertz CT molecular complexity index is 1320. The van der Waals surface area contributed by atoms with Crippen LogP contribution in [0, 0.1) is 0 Å². The highest BCUT2D eigenvalue weighted by Gasteiger charge is 2.47. The van der Waals surface area contributed by atoms with E-state index in [9.17, 15) is 40.5 Å². The molecular formula is C55H98O14. The zero-order chi connectivity index (χ0) is 50.2. The molecule has 2 saturated heterocycles. The van der Waals surface area contributed by atoms with Gasteiger partial charge in [0.15, 0.2) is 12.6 Å². The molecule has 0 bridgehead atoms. The van der Waals surface area contributed by atoms with Crippen LogP contribution in [0.2, 0.25) is 0 Å². The Labute approximate surface area is 416 Å². The van der Waals surface area contributed by atoms with Gasteiger partial charge in [0.05, 0.1) is 26.4 Å². The number of ether oxygens (including phenoxy) is 6. The van der Waals surface area contributed by atoms with Crippen molar-refractivity contribution in [2.75, 3.05) is 33.0 Å². The molecule has 0 amide bonds. The van der Waals surface area contributed by atoms with E-state index in [2.05, 4.69) is 62.5 Å². The minimum atomic E-state index is -1.71. The zero-order valence-corrected chi connectivity index (χ0v) is 42.8. The first-order chi connectivity index (χ1) is 33.6. The average molecular weight is 983 g/mol. The summed E-state index contributed by atoms with van der Waals surface area (Å²) >= 11 is 0. The Kier molecular flexibility index (Phi) is 38.8. The van der Waals surface area contributed by atoms with Crippen molar-refractivity contribution in [2.45, 2.75) is 261 Å². The van der Waals surface area contributed by atoms with Crippen LogP contribution < -0.4 is 0 Å². The van der Waals surface area contributed by atoms with E-state index in [-0.39, 0.29) is 19.6 Å². The Morgan fingerprint density at radius 2 is 0.928 bits per heavy atom. The molecular weight excluding hydrogens is 885 g/mol. The Hall–Kier alpha value is -2.05. The molecule has 7 N–H and O–H groups in total. The summed E-state index contributed by atoms with van der Waals surface area (Å²) in [6.07, 6.45) is 33.2. The van der Waals surface area contributed by atoms with Gasteiger partial charge in [-0.3, -0.25) is 4.79 Å². The zero-order valence-electron chi connectivity index (χ0n) is 42.8. The summed E-state index contributed by atoms with van der Waals surface area (Å²) in [5.41, 5.74) is 0. The van der Waals surface area contributed by atoms with Crippen LogP contribution in [0.1, 0.15) is 194 Å². The van der Waals surface area contributed by atoms with E-state index in [1.807, 2.05) is 0 Å². The first kappa shape index (κ1) is 63.1. The molecule has 0 radical (unpaired) electrons. The fraction of sp³-hybridized carbons (Fsp3) is 0.836. The molecule has 2 fully saturated rings. The number of rotatable bonds is 43. The second kappa shape index (κ2) is 42.5. The monoisotopic (exact) mass is 983 g/mol. The predicted octanol–water partition coefficient (Wildman–Crippen LogP) is 8.74. The molecule has 69 heavy (non-hydrogen) atoms. The molecule has 0 spiro atoms. The van der Waals surface area contributed by atoms with Gasteiger partial charge in [-0.15, -0.1) is 0 Å². The van der Waals surface area contributed by atoms with Crippen LogP contribution in [0.15, 0.2) is 48.6 Å². The van der Waals surface area contributed by atoms with Crippen molar-refractivity contribution < 1.29 is 69.0 Å². The van der Waals surface area contributed by atoms with E-state index in [4.69, 9.17) is 28.4 Å². The van der Waals surface area contributed by atoms with Crippen LogP contribution in [0.3, 0.4) is 0 Å². The number of hydrogen-bond acceptors (Lipinski definition) is 14. The van der Waals surface area contributed by atoms with Crippen molar-refractivity contribution in [3.05, 3.63) is 48.6 Å². The predicted molar refractivity (Wildman–Crippen MR) is 270 cm³/mol. The quantitative estimate of drug-likeness (QED) is 0.0173. The highest BCUT2D eigenvalue weighted by atomic mass is 16.7. The maximum absolute atomic E-state index is 13.0. The van der Waals surface area contributed by atoms with Crippen molar-refractivity contribution in [1.82, 2.24) is 0 Å². The van der Waals surface area contributed by atoms with Crippen molar-refractivity contribution >= 4 is 5.97 Å². The minimum absolute atomic E-state index is 0.0530. The number of aliphatic hydroxyl groups is 7. The van der Waals surface area contributed by atoms with Gasteiger partial charge in [-0.1, -0.05) is 165 Å². The average Bonchev–Trinajstić information content (AvgIpc) is 3.35. The number of aliphatic hydroxyl groups excluding tert-OH is 7. The molecule has 0 aromatic heterocycles. The van der Waals surface area contributed by atoms with Crippen molar-refractivity contribution in [3.63, 3.8) is 0 Å². The van der Waals surface area contributed by atoms with E-state index >= 15 is 0 Å². The first-order valence-electron chi connectivity index (χ1n) is 27.2. The minimum Gasteiger partial charge on any atom is -0.457 e. The van der Waals surface area contributed by atoms with Crippen molar-refractivity contribution in [1.29, 1.82) is 0 Å². The maximum Gasteiger partial charge on any atom is 0.306 e. The lowest BCUT2D eigenvalue weighted by Crippen LogP contribution is -2.61. The molecule has 0 aromatic rings. The number of allylic oxidation sites excluding steroid dienone is 8. The molecule has 0 aliphatic carbocycles. The van der Waals surface area contributed by atoms with Crippen LogP contribution in [-0.2, 0) is 33.2 Å². The largest absolute Gasteiger partial charge is 0.457 e. The molecule has 402 valence electrons. The van der Waals surface area contributed by atoms with Gasteiger partial charge >= 0.3 is 5.97 Å². The van der Waals surface area contributed by atoms with Gasteiger partial charge < -0.3 is 64.2 Å². The summed E-state index contributed by atoms with van der Waals surface area (Å²) in [6, 6.07) is 0. The Balaban J connectivity index is 1.72. The third-order valence-electron chi connectivity index (χ3n) is 12.8. The third-order valence-corrected chi connectivity index (χ3v) is 12.8. The lowest BCUT2D eigenvalue weighted by atomic mass is 9.98. The van der Waals surface area contributed by atoms with Crippen LogP contribution in [0.5, 0.6) is 0 Å². The number of esters is 1. The smallest absolute Gasteiger partial charge is 0.306 e. The van der Waals surface area contributed by atoms with E-state index in [0.29, 0.717) is 13.0 Å². The van der Waals surface area contributed by atoms with Crippen LogP contribution in [0.25, 0.3) is 0 Å². The molecule has 2 rings (SSSR count). The van der Waals surface area contributed by atoms with E-state index in [0.717, 1.165) is 70.6 Å². The summed E-state index contributed by atoms with van der Waals surface area (Å²) in [7, 11) is 0. The molecule has 2 aliphatic heterocycles. The van der Waals surface area contributed by atoms with Gasteiger partial charge in [0.2, 0.25) is 0 Å². The molecule has 11 atom stereocenters. The maximum atomic E-state index is 13.0. The van der Waals surface area contributed by atoms with Gasteiger partial charge in [0.1, 0.15) is 54.9 Å². The molecule has 0 saturated carbocycles. The summed E-state index contributed by atoms with van der Waals surface area (Å²) in [5, 5.41) is 72.2. The van der Waals surface area contributed by atoms with Gasteiger partial charge in [0, 0.05) is 13.0 Å². The molecule has 2 aliphatic rings. The lowest BCUT2D eigenvalue weighted by molar-refractivity contribution is -0.332. The number of hydrogen-bond donors (Lipinski definition) is 7. The number of carbonyl (C=O) groups excluding carboxylic acids is 1. The number of unbranched alkanes of at least 4 members (excludes halogenated alkanes) is 21. The van der Waals surface area contributed by atoms with Crippen LogP contribution in [0.4, 0.5) is 0 Å². The van der Waals surface area contributed by atoms with Crippen LogP contribution in [-0.4, -0.2) is 142 Å². The standard InChI is InChI=1S/C55H98O14/c1-3-5-7-9-11-13-15-17-18-19-20-21-22-23-24-25-27-29-31-33-35-37-39-64-41-44(67-47(57)38-36-34-32-30-28-26-16-14-12-10-8-6-4-2)42-65-54-53(63)51(61)49(59)46(69-54)43-66-55-52(62)50(60)48(58)45(40-56)68-55/h8,10,14-17,19-20,44-46,48-56,58-63H,3-7,9,11-13,18,21-43H2,1-2H3/b10-8-,16-14-,17-15-,20-19-. The summed E-state index contributed by atoms with van der Waals surface area (Å²) in [5.74, 6) is -0.392. The van der Waals surface area contributed by atoms with Gasteiger partial charge in [0.25, 0.3) is 0 Å². The summed E-state index contributed by atoms with van der Waals surface area (Å²) < 4.78 is 34.3. The van der Waals surface area contributed by atoms with Crippen LogP contribution >= 0.6 is 0 Å². The first-order valence-corrected chi connectivity index (χ1v) is 27.2. The van der Waals surface area contributed by atoms with Gasteiger partial charge in [-0.2, -0.15) is 0 Å². The molecule has 14 heteroatoms. The van der Waals surface area contributed by atoms with E-state index < -0.39 is 86.7 Å². The fourth-order valence-electron chi connectivity index (χ4n) is 8.35. The SMILES string of the molecule is CCC/C=C\C/C=C\CCCCCCCC(=O)OC(COCCCCCCCCCCCC/C=C\C/C=C\CCCCCCC)COC1OC(COC2OC(CO)C(O)C(O)C2O)C(O)C(O)C1O. The molecule has 11 unspecified atom stereocenters. The third kappa shape index (κ3) is 29.9. The fourth-order valence-corrected chi connectivity index (χ4v) is 8.35. The van der Waals surface area contributed by atoms with Crippen molar-refractivity contribution in [3.8, 4) is 0 Å². The Morgan fingerprint density at radius 1 is 0.478 bits per heavy atom. The second-order valence-electron chi connectivity index (χ2n) is 19.0. The molecule has 0 aromatic carbocycles. The highest BCUT2D eigenvalue weighted by molar-refractivity contribution is 5.69. The van der Waals surface area contributed by atoms with Gasteiger partial charge in [-0.25, -0.2) is 0 Å². The van der Waals surface area contributed by atoms with E-state index in [1.165, 1.54) is 96.3 Å². The van der Waals surface area contributed by atoms with E-state index in [1.54, 1.807) is 0 Å². The highest BCUT2D eigenvalue weighted by Crippen LogP contribution is 2.26. The van der Waals surface area contributed by atoms with Gasteiger partial charge in [-0.05, 0) is 70.6 Å². The molecule has 14 nitrogen and oxygen atoms in total. The lowest BCUT2D eigenvalue weighted by Gasteiger charge is -2.42. The number of carbonyl (C=O) groups is 1. The summed E-state index contributed by atoms with van der Waals surface area (Å²) in [4.78, 5) is 13.0. The summed E-state index contributed by atoms with van der Waals surface area (Å²) in [6.45, 7) is 3.59. The normalized spacial score (nSPS) is 26.0. The molecule has 2 heterocycles. The Morgan fingerprint density at radius 3 is 1.45 bits per heavy atom. The van der Waals surface area contributed by atoms with Crippen molar-refractivity contribution in [2.24, 2.45) is 0 Å². The topological polar surface area (TPSA) is 214 Å². The second-order valence-corrected chi connectivity index (χ2v) is 19.0.